The number of nitrogens with zero attached hydrogens (tertiary/aromatic N) is 2. The Morgan fingerprint density at radius 1 is 1.21 bits per heavy atom. The maximum absolute atomic E-state index is 11.4. The predicted molar refractivity (Wildman–Crippen MR) is 93.0 cm³/mol. The highest BCUT2D eigenvalue weighted by atomic mass is 35.5. The quantitative estimate of drug-likeness (QED) is 0.623. The van der Waals surface area contributed by atoms with E-state index in [-0.39, 0.29) is 22.8 Å². The van der Waals surface area contributed by atoms with E-state index in [4.69, 9.17) is 28.3 Å². The molecule has 2 aromatic rings. The first-order valence-electron chi connectivity index (χ1n) is 6.56. The molecule has 2 N–H and O–H groups in total. The SMILES string of the molecule is CN(Cc1ccc(Cl)cc1Cl)c1ccc(S(N)(=O)=O)cc1[N+](=O)[O-]. The van der Waals surface area contributed by atoms with E-state index in [0.717, 1.165) is 6.07 Å². The summed E-state index contributed by atoms with van der Waals surface area (Å²) < 4.78 is 22.7. The van der Waals surface area contributed by atoms with Crippen molar-refractivity contribution in [1.82, 2.24) is 0 Å². The number of hydrogen-bond donors (Lipinski definition) is 1. The fourth-order valence-electron chi connectivity index (χ4n) is 2.14. The van der Waals surface area contributed by atoms with Crippen molar-refractivity contribution in [3.8, 4) is 0 Å². The smallest absolute Gasteiger partial charge is 0.293 e. The van der Waals surface area contributed by atoms with Crippen molar-refractivity contribution < 1.29 is 13.3 Å². The number of nitrogens with two attached hydrogens (primary N) is 1. The molecular weight excluding hydrogens is 377 g/mol. The molecular formula is C14H13Cl2N3O4S. The summed E-state index contributed by atoms with van der Waals surface area (Å²) in [7, 11) is -2.40. The zero-order chi connectivity index (χ0) is 18.1. The van der Waals surface area contributed by atoms with E-state index in [1.807, 2.05) is 0 Å². The van der Waals surface area contributed by atoms with Gasteiger partial charge in [-0.15, -0.1) is 0 Å². The van der Waals surface area contributed by atoms with E-state index < -0.39 is 14.9 Å². The third-order valence-corrected chi connectivity index (χ3v) is 4.80. The fourth-order valence-corrected chi connectivity index (χ4v) is 3.14. The molecule has 0 heterocycles. The van der Waals surface area contributed by atoms with E-state index in [2.05, 4.69) is 0 Å². The molecule has 0 fully saturated rings. The Hall–Kier alpha value is -1.87. The molecule has 2 aromatic carbocycles. The summed E-state index contributed by atoms with van der Waals surface area (Å²) >= 11 is 11.9. The van der Waals surface area contributed by atoms with Crippen LogP contribution in [0.4, 0.5) is 11.4 Å². The van der Waals surface area contributed by atoms with E-state index in [1.165, 1.54) is 12.1 Å². The molecule has 0 aliphatic rings. The molecule has 0 spiro atoms. The van der Waals surface area contributed by atoms with Gasteiger partial charge in [-0.25, -0.2) is 13.6 Å². The second-order valence-corrected chi connectivity index (χ2v) is 7.45. The zero-order valence-electron chi connectivity index (χ0n) is 12.4. The van der Waals surface area contributed by atoms with E-state index >= 15 is 0 Å². The molecule has 7 nitrogen and oxygen atoms in total. The van der Waals surface area contributed by atoms with Crippen LogP contribution in [0, 0.1) is 10.1 Å². The Morgan fingerprint density at radius 3 is 2.42 bits per heavy atom. The van der Waals surface area contributed by atoms with Crippen molar-refractivity contribution in [3.05, 3.63) is 62.1 Å². The van der Waals surface area contributed by atoms with Gasteiger partial charge in [0.05, 0.1) is 9.82 Å². The van der Waals surface area contributed by atoms with Gasteiger partial charge in [-0.05, 0) is 29.8 Å². The highest BCUT2D eigenvalue weighted by molar-refractivity contribution is 7.89. The number of hydrogen-bond acceptors (Lipinski definition) is 5. The summed E-state index contributed by atoms with van der Waals surface area (Å²) in [5.41, 5.74) is 0.584. The summed E-state index contributed by atoms with van der Waals surface area (Å²) in [6.45, 7) is 0.269. The average Bonchev–Trinajstić information content (AvgIpc) is 2.48. The predicted octanol–water partition coefficient (Wildman–Crippen LogP) is 3.19. The number of nitro groups is 1. The number of primary sulfonamides is 1. The standard InChI is InChI=1S/C14H13Cl2N3O4S/c1-18(8-9-2-3-10(15)6-12(9)16)13-5-4-11(24(17,22)23)7-14(13)19(20)21/h2-7H,8H2,1H3,(H2,17,22,23). The molecule has 0 saturated heterocycles. The monoisotopic (exact) mass is 389 g/mol. The lowest BCUT2D eigenvalue weighted by Gasteiger charge is -2.20. The van der Waals surface area contributed by atoms with Crippen LogP contribution >= 0.6 is 23.2 Å². The van der Waals surface area contributed by atoms with Crippen molar-refractivity contribution in [2.75, 3.05) is 11.9 Å². The minimum Gasteiger partial charge on any atom is -0.365 e. The Labute approximate surface area is 148 Å². The molecule has 24 heavy (non-hydrogen) atoms. The van der Waals surface area contributed by atoms with Crippen molar-refractivity contribution in [3.63, 3.8) is 0 Å². The minimum absolute atomic E-state index is 0.235. The van der Waals surface area contributed by atoms with Crippen LogP contribution in [0.15, 0.2) is 41.3 Å². The van der Waals surface area contributed by atoms with Gasteiger partial charge in [0.25, 0.3) is 5.69 Å². The highest BCUT2D eigenvalue weighted by Gasteiger charge is 2.21. The molecule has 128 valence electrons. The van der Waals surface area contributed by atoms with Gasteiger partial charge in [0.1, 0.15) is 5.69 Å². The van der Waals surface area contributed by atoms with Crippen LogP contribution < -0.4 is 10.0 Å². The second kappa shape index (κ2) is 6.94. The van der Waals surface area contributed by atoms with Crippen LogP contribution in [0.1, 0.15) is 5.56 Å². The van der Waals surface area contributed by atoms with E-state index in [0.29, 0.717) is 15.6 Å². The van der Waals surface area contributed by atoms with Crippen LogP contribution in [0.2, 0.25) is 10.0 Å². The van der Waals surface area contributed by atoms with E-state index in [9.17, 15) is 18.5 Å². The summed E-state index contributed by atoms with van der Waals surface area (Å²) in [4.78, 5) is 11.9. The highest BCUT2D eigenvalue weighted by Crippen LogP contribution is 2.32. The molecule has 10 heteroatoms. The largest absolute Gasteiger partial charge is 0.365 e. The first kappa shape index (κ1) is 18.5. The van der Waals surface area contributed by atoms with Gasteiger partial charge in [0.2, 0.25) is 10.0 Å². The summed E-state index contributed by atoms with van der Waals surface area (Å²) in [5, 5.41) is 17.2. The van der Waals surface area contributed by atoms with Crippen molar-refractivity contribution in [1.29, 1.82) is 0 Å². The van der Waals surface area contributed by atoms with Crippen molar-refractivity contribution in [2.24, 2.45) is 5.14 Å². The molecule has 0 atom stereocenters. The lowest BCUT2D eigenvalue weighted by Crippen LogP contribution is -2.19. The van der Waals surface area contributed by atoms with Crippen molar-refractivity contribution in [2.45, 2.75) is 11.4 Å². The van der Waals surface area contributed by atoms with Gasteiger partial charge in [-0.1, -0.05) is 29.3 Å². The number of halogens is 2. The Balaban J connectivity index is 2.41. The number of sulfonamides is 1. The van der Waals surface area contributed by atoms with Crippen LogP contribution in [-0.4, -0.2) is 20.4 Å². The molecule has 2 rings (SSSR count). The second-order valence-electron chi connectivity index (χ2n) is 5.04. The number of nitro benzene ring substituents is 1. The first-order valence-corrected chi connectivity index (χ1v) is 8.86. The number of benzene rings is 2. The molecule has 0 radical (unpaired) electrons. The minimum atomic E-state index is -4.03. The third-order valence-electron chi connectivity index (χ3n) is 3.31. The lowest BCUT2D eigenvalue weighted by molar-refractivity contribution is -0.384. The van der Waals surface area contributed by atoms with Gasteiger partial charge >= 0.3 is 0 Å². The fraction of sp³-hybridized carbons (Fsp3) is 0.143. The van der Waals surface area contributed by atoms with Gasteiger partial charge < -0.3 is 4.90 Å². The maximum Gasteiger partial charge on any atom is 0.293 e. The first-order chi connectivity index (χ1) is 11.1. The molecule has 0 amide bonds. The Morgan fingerprint density at radius 2 is 1.88 bits per heavy atom. The van der Waals surface area contributed by atoms with Gasteiger partial charge in [0.15, 0.2) is 0 Å². The number of anilines is 1. The van der Waals surface area contributed by atoms with E-state index in [1.54, 1.807) is 30.1 Å². The molecule has 0 bridgehead atoms. The molecule has 0 saturated carbocycles. The molecule has 0 unspecified atom stereocenters. The molecule has 0 aliphatic heterocycles. The Kier molecular flexibility index (Phi) is 5.34. The third kappa shape index (κ3) is 4.15. The van der Waals surface area contributed by atoms with Gasteiger partial charge in [0, 0.05) is 29.7 Å². The Bertz CT molecular complexity index is 903. The number of rotatable bonds is 5. The summed E-state index contributed by atoms with van der Waals surface area (Å²) in [5.74, 6) is 0. The van der Waals surface area contributed by atoms with Crippen LogP contribution in [0.25, 0.3) is 0 Å². The van der Waals surface area contributed by atoms with Gasteiger partial charge in [-0.3, -0.25) is 10.1 Å². The van der Waals surface area contributed by atoms with Gasteiger partial charge in [-0.2, -0.15) is 0 Å². The maximum atomic E-state index is 11.4. The van der Waals surface area contributed by atoms with Crippen LogP contribution in [0.5, 0.6) is 0 Å². The topological polar surface area (TPSA) is 107 Å². The molecule has 0 aliphatic carbocycles. The van der Waals surface area contributed by atoms with Crippen LogP contribution in [-0.2, 0) is 16.6 Å². The normalized spacial score (nSPS) is 11.3. The lowest BCUT2D eigenvalue weighted by atomic mass is 10.2. The van der Waals surface area contributed by atoms with Crippen molar-refractivity contribution >= 4 is 44.6 Å². The average molecular weight is 390 g/mol. The molecule has 0 aromatic heterocycles. The van der Waals surface area contributed by atoms with Crippen LogP contribution in [0.3, 0.4) is 0 Å². The summed E-state index contributed by atoms with van der Waals surface area (Å²) in [6.07, 6.45) is 0. The zero-order valence-corrected chi connectivity index (χ0v) is 14.8. The summed E-state index contributed by atoms with van der Waals surface area (Å²) in [6, 6.07) is 8.44.